The highest BCUT2D eigenvalue weighted by Crippen LogP contribution is 2.40. The molecule has 1 nitrogen and oxygen atoms in total. The summed E-state index contributed by atoms with van der Waals surface area (Å²) in [7, 11) is 0. The molecule has 1 rings (SSSR count). The molecule has 0 bridgehead atoms. The van der Waals surface area contributed by atoms with Crippen molar-refractivity contribution in [1.82, 2.24) is 0 Å². The number of rotatable bonds is 3. The maximum atomic E-state index is 11.8. The Morgan fingerprint density at radius 1 is 1.27 bits per heavy atom. The van der Waals surface area contributed by atoms with Crippen LogP contribution in [0.25, 0.3) is 0 Å². The fourth-order valence-corrected chi connectivity index (χ4v) is 3.71. The van der Waals surface area contributed by atoms with Crippen molar-refractivity contribution in [3.05, 3.63) is 0 Å². The van der Waals surface area contributed by atoms with E-state index in [1.165, 1.54) is 32.1 Å². The summed E-state index contributed by atoms with van der Waals surface area (Å²) in [6.45, 7) is 6.80. The van der Waals surface area contributed by atoms with Gasteiger partial charge in [0.2, 0.25) is 0 Å². The molecular formula is C13H26OS. The molecule has 0 aliphatic heterocycles. The highest BCUT2D eigenvalue weighted by Gasteiger charge is 2.39. The molecular weight excluding hydrogens is 204 g/mol. The smallest absolute Gasteiger partial charge is 0.122 e. The summed E-state index contributed by atoms with van der Waals surface area (Å²) < 4.78 is 11.9. The summed E-state index contributed by atoms with van der Waals surface area (Å²) in [5, 5.41) is 0. The first-order valence-electron chi connectivity index (χ1n) is 6.35. The van der Waals surface area contributed by atoms with Crippen molar-refractivity contribution in [3.63, 3.8) is 0 Å². The van der Waals surface area contributed by atoms with Gasteiger partial charge in [-0.25, -0.2) is 0 Å². The molecule has 1 fully saturated rings. The quantitative estimate of drug-likeness (QED) is 0.535. The van der Waals surface area contributed by atoms with Gasteiger partial charge in [0.1, 0.15) is 4.75 Å². The van der Waals surface area contributed by atoms with Gasteiger partial charge in [-0.15, -0.1) is 0 Å². The Labute approximate surface area is 98.2 Å². The molecule has 0 aromatic rings. The maximum absolute atomic E-state index is 11.8. The van der Waals surface area contributed by atoms with Gasteiger partial charge in [-0.05, 0) is 38.0 Å². The van der Waals surface area contributed by atoms with Crippen LogP contribution in [-0.4, -0.2) is 15.6 Å². The SMILES string of the molecule is CCC1CCC(C)([S+](C)[O-])CC(CC)C1. The fraction of sp³-hybridized carbons (Fsp3) is 1.00. The fourth-order valence-electron chi connectivity index (χ4n) is 2.84. The Bertz CT molecular complexity index is 193. The summed E-state index contributed by atoms with van der Waals surface area (Å²) in [5.41, 5.74) is 0. The van der Waals surface area contributed by atoms with Gasteiger partial charge >= 0.3 is 0 Å². The number of hydrogen-bond acceptors (Lipinski definition) is 1. The van der Waals surface area contributed by atoms with Crippen LogP contribution in [-0.2, 0) is 11.2 Å². The molecule has 1 aliphatic carbocycles. The summed E-state index contributed by atoms with van der Waals surface area (Å²) >= 11 is -0.668. The van der Waals surface area contributed by atoms with Crippen LogP contribution < -0.4 is 0 Å². The molecule has 0 spiro atoms. The van der Waals surface area contributed by atoms with Crippen molar-refractivity contribution in [3.8, 4) is 0 Å². The van der Waals surface area contributed by atoms with Gasteiger partial charge < -0.3 is 4.55 Å². The van der Waals surface area contributed by atoms with Gasteiger partial charge in [0, 0.05) is 6.42 Å². The van der Waals surface area contributed by atoms with Gasteiger partial charge in [-0.3, -0.25) is 0 Å². The third-order valence-corrected chi connectivity index (χ3v) is 6.08. The molecule has 15 heavy (non-hydrogen) atoms. The molecule has 2 heteroatoms. The van der Waals surface area contributed by atoms with Crippen molar-refractivity contribution in [2.24, 2.45) is 11.8 Å². The highest BCUT2D eigenvalue weighted by atomic mass is 32.2. The second-order valence-electron chi connectivity index (χ2n) is 5.43. The third-order valence-electron chi connectivity index (χ3n) is 4.32. The molecule has 1 aliphatic rings. The summed E-state index contributed by atoms with van der Waals surface area (Å²) in [6.07, 6.45) is 9.41. The van der Waals surface area contributed by atoms with Crippen LogP contribution in [0, 0.1) is 11.8 Å². The van der Waals surface area contributed by atoms with Crippen LogP contribution in [0.2, 0.25) is 0 Å². The van der Waals surface area contributed by atoms with Crippen LogP contribution in [0.5, 0.6) is 0 Å². The Kier molecular flexibility index (Phi) is 4.98. The largest absolute Gasteiger partial charge is 0.616 e. The Balaban J connectivity index is 2.71. The molecule has 4 atom stereocenters. The Morgan fingerprint density at radius 3 is 2.33 bits per heavy atom. The predicted octanol–water partition coefficient (Wildman–Crippen LogP) is 3.75. The predicted molar refractivity (Wildman–Crippen MR) is 68.5 cm³/mol. The zero-order chi connectivity index (χ0) is 11.5. The van der Waals surface area contributed by atoms with Crippen LogP contribution in [0.1, 0.15) is 59.3 Å². The van der Waals surface area contributed by atoms with E-state index in [0.29, 0.717) is 0 Å². The summed E-state index contributed by atoms with van der Waals surface area (Å²) in [6, 6.07) is 0. The topological polar surface area (TPSA) is 23.1 Å². The van der Waals surface area contributed by atoms with E-state index >= 15 is 0 Å². The van der Waals surface area contributed by atoms with Gasteiger partial charge in [-0.2, -0.15) is 0 Å². The lowest BCUT2D eigenvalue weighted by molar-refractivity contribution is 0.351. The van der Waals surface area contributed by atoms with Crippen LogP contribution in [0.3, 0.4) is 0 Å². The molecule has 0 heterocycles. The Morgan fingerprint density at radius 2 is 1.87 bits per heavy atom. The third kappa shape index (κ3) is 3.39. The average molecular weight is 230 g/mol. The van der Waals surface area contributed by atoms with Crippen molar-refractivity contribution in [2.75, 3.05) is 6.26 Å². The van der Waals surface area contributed by atoms with E-state index in [1.54, 1.807) is 0 Å². The van der Waals surface area contributed by atoms with Gasteiger partial charge in [0.05, 0.1) is 6.26 Å². The summed E-state index contributed by atoms with van der Waals surface area (Å²) in [4.78, 5) is 0. The first kappa shape index (κ1) is 13.4. The normalized spacial score (nSPS) is 39.8. The van der Waals surface area contributed by atoms with E-state index in [0.717, 1.165) is 18.3 Å². The molecule has 90 valence electrons. The highest BCUT2D eigenvalue weighted by molar-refractivity contribution is 7.92. The minimum absolute atomic E-state index is 0.0879. The second-order valence-corrected chi connectivity index (χ2v) is 7.32. The van der Waals surface area contributed by atoms with E-state index in [9.17, 15) is 4.55 Å². The first-order valence-corrected chi connectivity index (χ1v) is 7.91. The maximum Gasteiger partial charge on any atom is 0.122 e. The molecule has 0 saturated heterocycles. The molecule has 0 radical (unpaired) electrons. The van der Waals surface area contributed by atoms with Gasteiger partial charge in [0.25, 0.3) is 0 Å². The van der Waals surface area contributed by atoms with E-state index in [1.807, 2.05) is 6.26 Å². The lowest BCUT2D eigenvalue weighted by atomic mass is 9.89. The minimum atomic E-state index is -0.668. The van der Waals surface area contributed by atoms with Crippen molar-refractivity contribution < 1.29 is 4.55 Å². The zero-order valence-electron chi connectivity index (χ0n) is 10.7. The van der Waals surface area contributed by atoms with E-state index in [4.69, 9.17) is 0 Å². The van der Waals surface area contributed by atoms with E-state index in [-0.39, 0.29) is 4.75 Å². The molecule has 0 N–H and O–H groups in total. The Hall–Kier alpha value is 0.310. The lowest BCUT2D eigenvalue weighted by Gasteiger charge is -2.31. The van der Waals surface area contributed by atoms with Gasteiger partial charge in [0.15, 0.2) is 0 Å². The van der Waals surface area contributed by atoms with Crippen LogP contribution >= 0.6 is 0 Å². The monoisotopic (exact) mass is 230 g/mol. The second kappa shape index (κ2) is 5.58. The lowest BCUT2D eigenvalue weighted by Crippen LogP contribution is -2.35. The molecule has 4 unspecified atom stereocenters. The summed E-state index contributed by atoms with van der Waals surface area (Å²) in [5.74, 6) is 1.67. The first-order chi connectivity index (χ1) is 7.01. The van der Waals surface area contributed by atoms with Crippen molar-refractivity contribution >= 4 is 11.2 Å². The molecule has 1 saturated carbocycles. The molecule has 0 amide bonds. The average Bonchev–Trinajstić information content (AvgIpc) is 2.38. The standard InChI is InChI=1S/C13H26OS/c1-5-11-7-8-13(3,15(4)14)10-12(6-2)9-11/h11-12H,5-10H2,1-4H3. The van der Waals surface area contributed by atoms with Crippen molar-refractivity contribution in [2.45, 2.75) is 64.0 Å². The van der Waals surface area contributed by atoms with Crippen LogP contribution in [0.4, 0.5) is 0 Å². The number of hydrogen-bond donors (Lipinski definition) is 0. The minimum Gasteiger partial charge on any atom is -0.616 e. The zero-order valence-corrected chi connectivity index (χ0v) is 11.5. The van der Waals surface area contributed by atoms with Crippen LogP contribution in [0.15, 0.2) is 0 Å². The van der Waals surface area contributed by atoms with Crippen molar-refractivity contribution in [1.29, 1.82) is 0 Å². The molecule has 0 aromatic carbocycles. The van der Waals surface area contributed by atoms with E-state index < -0.39 is 11.2 Å². The molecule has 0 aromatic heterocycles. The van der Waals surface area contributed by atoms with Gasteiger partial charge in [-0.1, -0.05) is 37.9 Å². The van der Waals surface area contributed by atoms with E-state index in [2.05, 4.69) is 20.8 Å².